The van der Waals surface area contributed by atoms with Crippen molar-refractivity contribution in [2.45, 2.75) is 37.1 Å². The van der Waals surface area contributed by atoms with E-state index in [4.69, 9.17) is 9.47 Å². The van der Waals surface area contributed by atoms with E-state index in [0.29, 0.717) is 17.5 Å². The predicted molar refractivity (Wildman–Crippen MR) is 113 cm³/mol. The van der Waals surface area contributed by atoms with Crippen LogP contribution in [0.25, 0.3) is 6.08 Å². The molecular formula is C23H24O9. The molecule has 0 aromatic heterocycles. The molecule has 5 atom stereocenters. The van der Waals surface area contributed by atoms with Gasteiger partial charge in [-0.3, -0.25) is 0 Å². The molecule has 1 heterocycles. The van der Waals surface area contributed by atoms with E-state index in [1.807, 2.05) is 0 Å². The van der Waals surface area contributed by atoms with Crippen LogP contribution in [-0.2, 0) is 4.74 Å². The second-order valence-electron chi connectivity index (χ2n) is 7.15. The Balaban J connectivity index is 1.60. The van der Waals surface area contributed by atoms with Gasteiger partial charge in [-0.05, 0) is 35.9 Å². The molecule has 1 fully saturated rings. The number of aliphatic hydroxyl groups is 4. The maximum absolute atomic E-state index is 10.2. The molecule has 32 heavy (non-hydrogen) atoms. The van der Waals surface area contributed by atoms with Gasteiger partial charge in [0.15, 0.2) is 23.0 Å². The van der Waals surface area contributed by atoms with Gasteiger partial charge in [0.05, 0.1) is 6.61 Å². The smallest absolute Gasteiger partial charge is 0.229 e. The van der Waals surface area contributed by atoms with Crippen molar-refractivity contribution in [1.82, 2.24) is 0 Å². The Hall–Kier alpha value is -3.26. The van der Waals surface area contributed by atoms with Gasteiger partial charge in [-0.2, -0.15) is 0 Å². The lowest BCUT2D eigenvalue weighted by Crippen LogP contribution is -2.60. The molecule has 9 nitrogen and oxygen atoms in total. The molecule has 0 bridgehead atoms. The fraction of sp³-hybridized carbons (Fsp3) is 0.304. The topological polar surface area (TPSA) is 160 Å². The average Bonchev–Trinajstić information content (AvgIpc) is 2.77. The summed E-state index contributed by atoms with van der Waals surface area (Å²) in [5, 5.41) is 67.8. The predicted octanol–water partition coefficient (Wildman–Crippen LogP) is 0.437. The zero-order chi connectivity index (χ0) is 23.3. The number of ether oxygens (including phenoxy) is 2. The van der Waals surface area contributed by atoms with Crippen molar-refractivity contribution in [3.8, 4) is 34.8 Å². The van der Waals surface area contributed by atoms with Crippen LogP contribution in [0.1, 0.15) is 17.5 Å². The van der Waals surface area contributed by atoms with E-state index < -0.39 is 37.3 Å². The van der Waals surface area contributed by atoms with Crippen LogP contribution in [0.2, 0.25) is 0 Å². The van der Waals surface area contributed by atoms with E-state index in [9.17, 15) is 35.7 Å². The number of aromatic hydroxyl groups is 3. The van der Waals surface area contributed by atoms with Crippen molar-refractivity contribution in [1.29, 1.82) is 0 Å². The third kappa shape index (κ3) is 5.50. The first-order chi connectivity index (χ1) is 15.3. The van der Waals surface area contributed by atoms with Crippen molar-refractivity contribution in [3.63, 3.8) is 0 Å². The number of aliphatic hydroxyl groups excluding tert-OH is 4. The third-order valence-corrected chi connectivity index (χ3v) is 4.81. The van der Waals surface area contributed by atoms with E-state index in [0.717, 1.165) is 0 Å². The van der Waals surface area contributed by atoms with Gasteiger partial charge in [-0.1, -0.05) is 30.1 Å². The van der Waals surface area contributed by atoms with E-state index >= 15 is 0 Å². The first-order valence-electron chi connectivity index (χ1n) is 9.77. The van der Waals surface area contributed by atoms with Crippen molar-refractivity contribution < 1.29 is 45.2 Å². The number of phenolic OH excluding ortho intramolecular Hbond substituents is 3. The third-order valence-electron chi connectivity index (χ3n) is 4.81. The van der Waals surface area contributed by atoms with Gasteiger partial charge in [0.2, 0.25) is 6.29 Å². The molecule has 0 spiro atoms. The van der Waals surface area contributed by atoms with Gasteiger partial charge >= 0.3 is 0 Å². The quantitative estimate of drug-likeness (QED) is 0.256. The lowest BCUT2D eigenvalue weighted by molar-refractivity contribution is -0.277. The highest BCUT2D eigenvalue weighted by atomic mass is 16.7. The van der Waals surface area contributed by atoms with E-state index in [1.165, 1.54) is 24.3 Å². The van der Waals surface area contributed by atoms with E-state index in [2.05, 4.69) is 11.8 Å². The molecule has 7 N–H and O–H groups in total. The summed E-state index contributed by atoms with van der Waals surface area (Å²) < 4.78 is 10.7. The molecule has 1 aliphatic heterocycles. The fourth-order valence-corrected chi connectivity index (χ4v) is 3.04. The lowest BCUT2D eigenvalue weighted by Gasteiger charge is -2.39. The van der Waals surface area contributed by atoms with Gasteiger partial charge < -0.3 is 45.2 Å². The van der Waals surface area contributed by atoms with Crippen LogP contribution in [0.4, 0.5) is 0 Å². The summed E-state index contributed by atoms with van der Waals surface area (Å²) >= 11 is 0. The summed E-state index contributed by atoms with van der Waals surface area (Å²) in [6.45, 7) is -0.586. The Bertz CT molecular complexity index is 1020. The summed E-state index contributed by atoms with van der Waals surface area (Å²) in [4.78, 5) is 0. The summed E-state index contributed by atoms with van der Waals surface area (Å²) in [5.74, 6) is 5.03. The minimum atomic E-state index is -1.58. The summed E-state index contributed by atoms with van der Waals surface area (Å²) in [6, 6.07) is 8.80. The van der Waals surface area contributed by atoms with Gasteiger partial charge in [-0.15, -0.1) is 0 Å². The number of hydrogen-bond donors (Lipinski definition) is 7. The number of rotatable bonds is 5. The molecular weight excluding hydrogens is 420 g/mol. The van der Waals surface area contributed by atoms with E-state index in [-0.39, 0.29) is 23.0 Å². The minimum Gasteiger partial charge on any atom is -0.504 e. The van der Waals surface area contributed by atoms with Crippen LogP contribution < -0.4 is 4.74 Å². The molecule has 170 valence electrons. The molecule has 1 aliphatic rings. The Morgan fingerprint density at radius 3 is 2.38 bits per heavy atom. The van der Waals surface area contributed by atoms with Gasteiger partial charge in [0.25, 0.3) is 0 Å². The largest absolute Gasteiger partial charge is 0.504 e. The van der Waals surface area contributed by atoms with Crippen molar-refractivity contribution in [3.05, 3.63) is 53.6 Å². The standard InChI is InChI=1S/C23H24O9/c24-12-19-20(28)21(29)22(30)23(32-19)31-18-9-7-14(11-17(18)27)5-3-1-2-4-13-6-8-15(25)16(26)10-13/h3,5-11,19-30H,1,12H2. The van der Waals surface area contributed by atoms with Crippen LogP contribution in [0.15, 0.2) is 42.5 Å². The highest BCUT2D eigenvalue weighted by Gasteiger charge is 2.44. The number of allylic oxidation sites excluding steroid dienone is 1. The van der Waals surface area contributed by atoms with Crippen molar-refractivity contribution >= 4 is 6.08 Å². The average molecular weight is 444 g/mol. The van der Waals surface area contributed by atoms with Crippen LogP contribution in [0.3, 0.4) is 0 Å². The molecule has 2 aromatic carbocycles. The Kier molecular flexibility index (Phi) is 7.58. The number of phenols is 3. The molecule has 0 radical (unpaired) electrons. The molecule has 1 saturated heterocycles. The highest BCUT2D eigenvalue weighted by molar-refractivity contribution is 5.56. The number of hydrogen-bond acceptors (Lipinski definition) is 9. The summed E-state index contributed by atoms with van der Waals surface area (Å²) in [7, 11) is 0. The second kappa shape index (κ2) is 10.4. The molecule has 0 aliphatic carbocycles. The molecule has 9 heteroatoms. The zero-order valence-corrected chi connectivity index (χ0v) is 16.9. The zero-order valence-electron chi connectivity index (χ0n) is 16.9. The maximum Gasteiger partial charge on any atom is 0.229 e. The van der Waals surface area contributed by atoms with Crippen LogP contribution in [0.5, 0.6) is 23.0 Å². The second-order valence-corrected chi connectivity index (χ2v) is 7.15. The van der Waals surface area contributed by atoms with Crippen LogP contribution >= 0.6 is 0 Å². The maximum atomic E-state index is 10.2. The SMILES string of the molecule is OCC1OC(Oc2ccc(C=CCC#Cc3ccc(O)c(O)c3)cc2O)C(O)C(O)C1O. The first kappa shape index (κ1) is 23.4. The van der Waals surface area contributed by atoms with Crippen LogP contribution in [0, 0.1) is 11.8 Å². The Labute approximate surface area is 184 Å². The summed E-state index contributed by atoms with van der Waals surface area (Å²) in [6.07, 6.45) is -3.30. The molecule has 3 rings (SSSR count). The molecule has 0 saturated carbocycles. The Morgan fingerprint density at radius 1 is 0.906 bits per heavy atom. The lowest BCUT2D eigenvalue weighted by atomic mass is 9.99. The van der Waals surface area contributed by atoms with Gasteiger partial charge in [0, 0.05) is 12.0 Å². The molecule has 0 amide bonds. The number of benzene rings is 2. The minimum absolute atomic E-state index is 0.0154. The highest BCUT2D eigenvalue weighted by Crippen LogP contribution is 2.31. The fourth-order valence-electron chi connectivity index (χ4n) is 3.04. The Morgan fingerprint density at radius 2 is 1.69 bits per heavy atom. The van der Waals surface area contributed by atoms with Gasteiger partial charge in [0.1, 0.15) is 24.4 Å². The summed E-state index contributed by atoms with van der Waals surface area (Å²) in [5.41, 5.74) is 1.20. The van der Waals surface area contributed by atoms with Crippen molar-refractivity contribution in [2.75, 3.05) is 6.61 Å². The van der Waals surface area contributed by atoms with Crippen molar-refractivity contribution in [2.24, 2.45) is 0 Å². The molecule has 5 unspecified atom stereocenters. The molecule has 2 aromatic rings. The van der Waals surface area contributed by atoms with E-state index in [1.54, 1.807) is 24.3 Å². The van der Waals surface area contributed by atoms with Crippen LogP contribution in [-0.4, -0.2) is 73.1 Å². The van der Waals surface area contributed by atoms with Gasteiger partial charge in [-0.25, -0.2) is 0 Å². The first-order valence-corrected chi connectivity index (χ1v) is 9.77. The normalized spacial score (nSPS) is 25.3. The monoisotopic (exact) mass is 444 g/mol.